The molecule has 0 saturated carbocycles. The maximum absolute atomic E-state index is 13.0. The molecule has 6 heteroatoms. The van der Waals surface area contributed by atoms with Gasteiger partial charge >= 0.3 is 0 Å². The van der Waals surface area contributed by atoms with E-state index in [0.717, 1.165) is 5.56 Å². The third-order valence-electron chi connectivity index (χ3n) is 4.50. The molecule has 2 aromatic heterocycles. The Morgan fingerprint density at radius 2 is 1.93 bits per heavy atom. The molecule has 1 aliphatic rings. The van der Waals surface area contributed by atoms with E-state index >= 15 is 0 Å². The Kier molecular flexibility index (Phi) is 4.08. The molecule has 0 bridgehead atoms. The monoisotopic (exact) mass is 360 g/mol. The van der Waals surface area contributed by atoms with E-state index in [1.807, 2.05) is 25.1 Å². The van der Waals surface area contributed by atoms with Crippen molar-refractivity contribution in [2.75, 3.05) is 4.90 Å². The van der Waals surface area contributed by atoms with Gasteiger partial charge in [-0.15, -0.1) is 0 Å². The Balaban J connectivity index is 1.89. The first kappa shape index (κ1) is 16.8. The highest BCUT2D eigenvalue weighted by Crippen LogP contribution is 2.41. The van der Waals surface area contributed by atoms with Gasteiger partial charge in [-0.3, -0.25) is 19.5 Å². The Labute approximate surface area is 155 Å². The topological polar surface area (TPSA) is 83.6 Å². The fourth-order valence-electron chi connectivity index (χ4n) is 3.28. The minimum absolute atomic E-state index is 0.0114. The number of hydrogen-bond donors (Lipinski definition) is 1. The lowest BCUT2D eigenvalue weighted by molar-refractivity contribution is -0.117. The van der Waals surface area contributed by atoms with Crippen molar-refractivity contribution in [3.05, 3.63) is 95.4 Å². The van der Waals surface area contributed by atoms with Crippen LogP contribution >= 0.6 is 0 Å². The number of aromatic nitrogens is 1. The van der Waals surface area contributed by atoms with Crippen molar-refractivity contribution < 1.29 is 19.1 Å². The van der Waals surface area contributed by atoms with Crippen molar-refractivity contribution in [1.29, 1.82) is 0 Å². The number of Topliss-reactive ketones (excluding diaryl/α,β-unsaturated/α-hetero) is 1. The number of carbonyl (C=O) groups excluding carboxylic acids is 2. The number of benzene rings is 1. The van der Waals surface area contributed by atoms with E-state index in [-0.39, 0.29) is 11.3 Å². The van der Waals surface area contributed by atoms with Crippen LogP contribution in [0.1, 0.15) is 27.7 Å². The number of nitrogens with zero attached hydrogens (tertiary/aromatic N) is 2. The van der Waals surface area contributed by atoms with E-state index in [1.165, 1.54) is 17.2 Å². The third-order valence-corrected chi connectivity index (χ3v) is 4.50. The number of aliphatic hydroxyl groups is 1. The normalized spacial score (nSPS) is 16.9. The van der Waals surface area contributed by atoms with Crippen LogP contribution in [0.15, 0.2) is 82.9 Å². The lowest BCUT2D eigenvalue weighted by Gasteiger charge is -2.26. The second kappa shape index (κ2) is 6.57. The van der Waals surface area contributed by atoms with Gasteiger partial charge in [0.2, 0.25) is 5.78 Å². The van der Waals surface area contributed by atoms with Crippen molar-refractivity contribution in [2.24, 2.45) is 0 Å². The highest BCUT2D eigenvalue weighted by atomic mass is 16.3. The molecule has 0 saturated heterocycles. The standard InChI is InChI=1S/C21H16N2O4/c1-13-4-2-5-15(12-13)23-18(14-7-9-22-10-8-14)17(20(25)21(23)26)19(24)16-6-3-11-27-16/h2-12,18,25H,1H3. The number of amides is 1. The SMILES string of the molecule is Cc1cccc(N2C(=O)C(O)=C(C(=O)c3ccco3)C2c2ccncc2)c1. The summed E-state index contributed by atoms with van der Waals surface area (Å²) in [5.74, 6) is -1.66. The summed E-state index contributed by atoms with van der Waals surface area (Å²) in [6.45, 7) is 1.91. The van der Waals surface area contributed by atoms with Crippen LogP contribution in [0, 0.1) is 6.92 Å². The van der Waals surface area contributed by atoms with Gasteiger partial charge in [-0.25, -0.2) is 0 Å². The predicted molar refractivity (Wildman–Crippen MR) is 98.3 cm³/mol. The van der Waals surface area contributed by atoms with Crippen molar-refractivity contribution in [2.45, 2.75) is 13.0 Å². The van der Waals surface area contributed by atoms with Crippen LogP contribution in [0.4, 0.5) is 5.69 Å². The van der Waals surface area contributed by atoms with E-state index < -0.39 is 23.5 Å². The van der Waals surface area contributed by atoms with Gasteiger partial charge in [-0.1, -0.05) is 12.1 Å². The Morgan fingerprint density at radius 3 is 2.59 bits per heavy atom. The van der Waals surface area contributed by atoms with Gasteiger partial charge in [0.15, 0.2) is 11.5 Å². The van der Waals surface area contributed by atoms with E-state index in [9.17, 15) is 14.7 Å². The Hall–Kier alpha value is -3.67. The molecule has 1 unspecified atom stereocenters. The summed E-state index contributed by atoms with van der Waals surface area (Å²) in [5.41, 5.74) is 2.20. The van der Waals surface area contributed by atoms with Crippen molar-refractivity contribution in [3.8, 4) is 0 Å². The first-order valence-corrected chi connectivity index (χ1v) is 8.39. The van der Waals surface area contributed by atoms with Crippen LogP contribution in [-0.2, 0) is 4.79 Å². The van der Waals surface area contributed by atoms with Crippen molar-refractivity contribution in [3.63, 3.8) is 0 Å². The van der Waals surface area contributed by atoms with E-state index in [2.05, 4.69) is 4.98 Å². The average molecular weight is 360 g/mol. The van der Waals surface area contributed by atoms with Gasteiger partial charge in [0.1, 0.15) is 0 Å². The number of carbonyl (C=O) groups is 2. The minimum atomic E-state index is -0.778. The molecule has 4 rings (SSSR count). The number of ketones is 1. The van der Waals surface area contributed by atoms with Crippen LogP contribution in [0.25, 0.3) is 0 Å². The molecule has 6 nitrogen and oxygen atoms in total. The molecule has 1 atom stereocenters. The fourth-order valence-corrected chi connectivity index (χ4v) is 3.28. The lowest BCUT2D eigenvalue weighted by atomic mass is 9.95. The smallest absolute Gasteiger partial charge is 0.294 e. The number of aliphatic hydroxyl groups excluding tert-OH is 1. The molecule has 1 aliphatic heterocycles. The predicted octanol–water partition coefficient (Wildman–Crippen LogP) is 3.77. The molecular formula is C21H16N2O4. The third kappa shape index (κ3) is 2.81. The largest absolute Gasteiger partial charge is 0.503 e. The van der Waals surface area contributed by atoms with Gasteiger partial charge in [0.05, 0.1) is 17.9 Å². The molecule has 0 fully saturated rings. The molecule has 1 amide bonds. The van der Waals surface area contributed by atoms with Gasteiger partial charge in [0.25, 0.3) is 5.91 Å². The number of pyridine rings is 1. The molecule has 27 heavy (non-hydrogen) atoms. The maximum Gasteiger partial charge on any atom is 0.294 e. The highest BCUT2D eigenvalue weighted by Gasteiger charge is 2.45. The number of furan rings is 1. The quantitative estimate of drug-likeness (QED) is 0.716. The van der Waals surface area contributed by atoms with Crippen LogP contribution in [0.5, 0.6) is 0 Å². The Bertz CT molecular complexity index is 1040. The molecule has 3 aromatic rings. The molecule has 1 aromatic carbocycles. The summed E-state index contributed by atoms with van der Waals surface area (Å²) in [5, 5.41) is 10.6. The zero-order chi connectivity index (χ0) is 19.0. The van der Waals surface area contributed by atoms with Crippen molar-refractivity contribution >= 4 is 17.4 Å². The summed E-state index contributed by atoms with van der Waals surface area (Å²) < 4.78 is 5.20. The first-order chi connectivity index (χ1) is 13.1. The summed E-state index contributed by atoms with van der Waals surface area (Å²) in [6.07, 6.45) is 4.54. The summed E-state index contributed by atoms with van der Waals surface area (Å²) in [4.78, 5) is 31.3. The average Bonchev–Trinajstić information content (AvgIpc) is 3.30. The minimum Gasteiger partial charge on any atom is -0.503 e. The molecular weight excluding hydrogens is 344 g/mol. The molecule has 3 heterocycles. The number of rotatable bonds is 4. The van der Waals surface area contributed by atoms with Gasteiger partial charge < -0.3 is 9.52 Å². The molecule has 1 N–H and O–H groups in total. The zero-order valence-electron chi connectivity index (χ0n) is 14.5. The van der Waals surface area contributed by atoms with Gasteiger partial charge in [0, 0.05) is 18.1 Å². The van der Waals surface area contributed by atoms with E-state index in [1.54, 1.807) is 36.7 Å². The van der Waals surface area contributed by atoms with Crippen molar-refractivity contribution in [1.82, 2.24) is 4.98 Å². The maximum atomic E-state index is 13.0. The van der Waals surface area contributed by atoms with Crippen LogP contribution < -0.4 is 4.90 Å². The lowest BCUT2D eigenvalue weighted by Crippen LogP contribution is -2.31. The molecule has 0 radical (unpaired) electrons. The fraction of sp³-hybridized carbons (Fsp3) is 0.0952. The summed E-state index contributed by atoms with van der Waals surface area (Å²) in [7, 11) is 0. The van der Waals surface area contributed by atoms with Gasteiger partial charge in [-0.2, -0.15) is 0 Å². The first-order valence-electron chi connectivity index (χ1n) is 8.39. The zero-order valence-corrected chi connectivity index (χ0v) is 14.5. The number of anilines is 1. The second-order valence-electron chi connectivity index (χ2n) is 6.27. The van der Waals surface area contributed by atoms with Crippen LogP contribution in [-0.4, -0.2) is 21.8 Å². The summed E-state index contributed by atoms with van der Waals surface area (Å²) >= 11 is 0. The second-order valence-corrected chi connectivity index (χ2v) is 6.27. The van der Waals surface area contributed by atoms with E-state index in [4.69, 9.17) is 4.42 Å². The van der Waals surface area contributed by atoms with Crippen LogP contribution in [0.3, 0.4) is 0 Å². The molecule has 134 valence electrons. The number of hydrogen-bond acceptors (Lipinski definition) is 5. The highest BCUT2D eigenvalue weighted by molar-refractivity contribution is 6.20. The molecule has 0 aliphatic carbocycles. The number of aryl methyl sites for hydroxylation is 1. The Morgan fingerprint density at radius 1 is 1.15 bits per heavy atom. The van der Waals surface area contributed by atoms with E-state index in [0.29, 0.717) is 11.3 Å². The summed E-state index contributed by atoms with van der Waals surface area (Å²) in [6, 6.07) is 13.1. The molecule has 0 spiro atoms. The van der Waals surface area contributed by atoms with Gasteiger partial charge in [-0.05, 0) is 54.4 Å². The van der Waals surface area contributed by atoms with Crippen LogP contribution in [0.2, 0.25) is 0 Å².